The fraction of sp³-hybridized carbons (Fsp3) is 1.00. The normalized spacial score (nSPS) is 50.1. The molecule has 14 heavy (non-hydrogen) atoms. The summed E-state index contributed by atoms with van der Waals surface area (Å²) >= 11 is 0. The first-order chi connectivity index (χ1) is 6.64. The SMILES string of the molecule is NC1(C2(O)CCC3CCNC2C3)CC1. The summed E-state index contributed by atoms with van der Waals surface area (Å²) in [6.07, 6.45) is 6.51. The van der Waals surface area contributed by atoms with E-state index in [1.54, 1.807) is 0 Å². The van der Waals surface area contributed by atoms with Crippen LogP contribution in [0.1, 0.15) is 38.5 Å². The van der Waals surface area contributed by atoms with Crippen molar-refractivity contribution >= 4 is 0 Å². The Morgan fingerprint density at radius 1 is 1.21 bits per heavy atom. The molecule has 0 aromatic heterocycles. The van der Waals surface area contributed by atoms with Gasteiger partial charge in [-0.3, -0.25) is 0 Å². The van der Waals surface area contributed by atoms with Gasteiger partial charge < -0.3 is 16.2 Å². The molecule has 0 spiro atoms. The lowest BCUT2D eigenvalue weighted by Gasteiger charge is -2.50. The third kappa shape index (κ3) is 1.09. The Kier molecular flexibility index (Phi) is 1.77. The number of hydrogen-bond acceptors (Lipinski definition) is 3. The maximum atomic E-state index is 10.7. The van der Waals surface area contributed by atoms with Crippen molar-refractivity contribution in [1.82, 2.24) is 5.32 Å². The van der Waals surface area contributed by atoms with E-state index in [4.69, 9.17) is 5.73 Å². The lowest BCUT2D eigenvalue weighted by atomic mass is 9.68. The Hall–Kier alpha value is -0.120. The molecule has 3 rings (SSSR count). The number of nitrogens with one attached hydrogen (secondary N) is 1. The summed E-state index contributed by atoms with van der Waals surface area (Å²) in [5, 5.41) is 14.2. The van der Waals surface area contributed by atoms with E-state index in [0.717, 1.165) is 38.1 Å². The van der Waals surface area contributed by atoms with Gasteiger partial charge in [0.2, 0.25) is 0 Å². The van der Waals surface area contributed by atoms with Gasteiger partial charge in [0.1, 0.15) is 0 Å². The van der Waals surface area contributed by atoms with Crippen molar-refractivity contribution in [3.63, 3.8) is 0 Å². The zero-order valence-electron chi connectivity index (χ0n) is 8.63. The molecule has 3 atom stereocenters. The largest absolute Gasteiger partial charge is 0.386 e. The molecule has 1 heterocycles. The molecule has 3 aliphatic rings. The summed E-state index contributed by atoms with van der Waals surface area (Å²) in [6, 6.07) is 0.266. The molecule has 3 fully saturated rings. The van der Waals surface area contributed by atoms with E-state index < -0.39 is 5.60 Å². The van der Waals surface area contributed by atoms with E-state index in [2.05, 4.69) is 5.32 Å². The van der Waals surface area contributed by atoms with Crippen LogP contribution in [0.4, 0.5) is 0 Å². The standard InChI is InChI=1S/C11H20N2O/c12-10(4-5-10)11(14)3-1-8-2-6-13-9(11)7-8/h8-9,13-14H,1-7,12H2. The summed E-state index contributed by atoms with van der Waals surface area (Å²) in [5.41, 5.74) is 5.34. The number of aliphatic hydroxyl groups is 1. The summed E-state index contributed by atoms with van der Waals surface area (Å²) in [5.74, 6) is 0.837. The average Bonchev–Trinajstić information content (AvgIpc) is 2.93. The maximum Gasteiger partial charge on any atom is 0.0978 e. The molecule has 0 aromatic carbocycles. The highest BCUT2D eigenvalue weighted by atomic mass is 16.3. The van der Waals surface area contributed by atoms with Crippen molar-refractivity contribution < 1.29 is 5.11 Å². The van der Waals surface area contributed by atoms with Crippen LogP contribution < -0.4 is 11.1 Å². The Labute approximate surface area is 85.1 Å². The molecule has 3 unspecified atom stereocenters. The van der Waals surface area contributed by atoms with Crippen LogP contribution in [-0.4, -0.2) is 28.8 Å². The van der Waals surface area contributed by atoms with Crippen molar-refractivity contribution in [3.8, 4) is 0 Å². The Morgan fingerprint density at radius 2 is 2.00 bits per heavy atom. The Bertz CT molecular complexity index is 252. The minimum atomic E-state index is -0.607. The average molecular weight is 196 g/mol. The molecule has 80 valence electrons. The van der Waals surface area contributed by atoms with E-state index in [1.807, 2.05) is 0 Å². The summed E-state index contributed by atoms with van der Waals surface area (Å²) in [4.78, 5) is 0. The van der Waals surface area contributed by atoms with Gasteiger partial charge in [0.05, 0.1) is 5.60 Å². The predicted molar refractivity (Wildman–Crippen MR) is 54.9 cm³/mol. The fourth-order valence-corrected chi connectivity index (χ4v) is 3.38. The number of piperidine rings is 1. The van der Waals surface area contributed by atoms with Gasteiger partial charge in [0.15, 0.2) is 0 Å². The van der Waals surface area contributed by atoms with E-state index in [0.29, 0.717) is 0 Å². The molecule has 3 heteroatoms. The maximum absolute atomic E-state index is 10.7. The quantitative estimate of drug-likeness (QED) is 0.568. The molecule has 4 N–H and O–H groups in total. The highest BCUT2D eigenvalue weighted by molar-refractivity contribution is 5.20. The van der Waals surface area contributed by atoms with Gasteiger partial charge >= 0.3 is 0 Å². The van der Waals surface area contributed by atoms with Crippen LogP contribution in [0.5, 0.6) is 0 Å². The van der Waals surface area contributed by atoms with Crippen LogP contribution >= 0.6 is 0 Å². The van der Waals surface area contributed by atoms with Crippen LogP contribution in [0.3, 0.4) is 0 Å². The highest BCUT2D eigenvalue weighted by Crippen LogP contribution is 2.51. The predicted octanol–water partition coefficient (Wildman–Crippen LogP) is 0.371. The van der Waals surface area contributed by atoms with Crippen molar-refractivity contribution in [2.75, 3.05) is 6.54 Å². The second-order valence-electron chi connectivity index (χ2n) is 5.52. The van der Waals surface area contributed by atoms with Crippen LogP contribution in [-0.2, 0) is 0 Å². The molecular weight excluding hydrogens is 176 g/mol. The molecule has 2 saturated carbocycles. The molecular formula is C11H20N2O. The smallest absolute Gasteiger partial charge is 0.0978 e. The number of hydrogen-bond donors (Lipinski definition) is 3. The zero-order chi connectivity index (χ0) is 9.81. The van der Waals surface area contributed by atoms with Gasteiger partial charge in [-0.15, -0.1) is 0 Å². The molecule has 0 amide bonds. The topological polar surface area (TPSA) is 58.3 Å². The number of nitrogens with two attached hydrogens (primary N) is 1. The summed E-state index contributed by atoms with van der Waals surface area (Å²) in [6.45, 7) is 1.06. The van der Waals surface area contributed by atoms with Gasteiger partial charge in [0, 0.05) is 11.6 Å². The van der Waals surface area contributed by atoms with Crippen LogP contribution in [0.15, 0.2) is 0 Å². The van der Waals surface area contributed by atoms with E-state index >= 15 is 0 Å². The first kappa shape index (κ1) is 9.13. The van der Waals surface area contributed by atoms with Crippen molar-refractivity contribution in [2.24, 2.45) is 11.7 Å². The first-order valence-corrected chi connectivity index (χ1v) is 5.89. The number of fused-ring (bicyclic) bond motifs is 2. The van der Waals surface area contributed by atoms with Gasteiger partial charge in [-0.25, -0.2) is 0 Å². The molecule has 3 nitrogen and oxygen atoms in total. The summed E-state index contributed by atoms with van der Waals surface area (Å²) in [7, 11) is 0. The molecule has 1 saturated heterocycles. The van der Waals surface area contributed by atoms with Crippen molar-refractivity contribution in [2.45, 2.75) is 55.7 Å². The van der Waals surface area contributed by atoms with E-state index in [9.17, 15) is 5.11 Å². The van der Waals surface area contributed by atoms with Crippen molar-refractivity contribution in [1.29, 1.82) is 0 Å². The monoisotopic (exact) mass is 196 g/mol. The third-order valence-corrected chi connectivity index (χ3v) is 4.67. The second kappa shape index (κ2) is 2.71. The third-order valence-electron chi connectivity index (χ3n) is 4.67. The Balaban J connectivity index is 1.85. The molecule has 2 aliphatic carbocycles. The molecule has 0 radical (unpaired) electrons. The fourth-order valence-electron chi connectivity index (χ4n) is 3.38. The first-order valence-electron chi connectivity index (χ1n) is 5.89. The zero-order valence-corrected chi connectivity index (χ0v) is 8.63. The van der Waals surface area contributed by atoms with Crippen LogP contribution in [0.25, 0.3) is 0 Å². The molecule has 0 aromatic rings. The minimum absolute atomic E-state index is 0.257. The summed E-state index contributed by atoms with van der Waals surface area (Å²) < 4.78 is 0. The molecule has 1 aliphatic heterocycles. The van der Waals surface area contributed by atoms with Gasteiger partial charge in [-0.2, -0.15) is 0 Å². The Morgan fingerprint density at radius 3 is 2.71 bits per heavy atom. The lowest BCUT2D eigenvalue weighted by molar-refractivity contribution is -0.0783. The van der Waals surface area contributed by atoms with Gasteiger partial charge in [0.25, 0.3) is 0 Å². The second-order valence-corrected chi connectivity index (χ2v) is 5.52. The highest BCUT2D eigenvalue weighted by Gasteiger charge is 2.61. The number of rotatable bonds is 1. The molecule has 2 bridgehead atoms. The van der Waals surface area contributed by atoms with Gasteiger partial charge in [-0.05, 0) is 51.0 Å². The van der Waals surface area contributed by atoms with Crippen LogP contribution in [0, 0.1) is 5.92 Å². The van der Waals surface area contributed by atoms with Crippen molar-refractivity contribution in [3.05, 3.63) is 0 Å². The lowest BCUT2D eigenvalue weighted by Crippen LogP contribution is -2.66. The van der Waals surface area contributed by atoms with E-state index in [-0.39, 0.29) is 11.6 Å². The van der Waals surface area contributed by atoms with Crippen LogP contribution in [0.2, 0.25) is 0 Å². The minimum Gasteiger partial charge on any atom is -0.386 e. The van der Waals surface area contributed by atoms with Gasteiger partial charge in [-0.1, -0.05) is 0 Å². The van der Waals surface area contributed by atoms with E-state index in [1.165, 1.54) is 12.8 Å².